The zero-order valence-electron chi connectivity index (χ0n) is 11.4. The molecule has 0 saturated carbocycles. The number of nitrogens with zero attached hydrogens (tertiary/aromatic N) is 1. The van der Waals surface area contributed by atoms with Gasteiger partial charge in [-0.3, -0.25) is 10.1 Å². The van der Waals surface area contributed by atoms with Crippen LogP contribution >= 0.6 is 0 Å². The Morgan fingerprint density at radius 3 is 2.41 bits per heavy atom. The van der Waals surface area contributed by atoms with E-state index in [1.807, 2.05) is 0 Å². The van der Waals surface area contributed by atoms with Gasteiger partial charge >= 0.3 is 5.69 Å². The Morgan fingerprint density at radius 1 is 1.09 bits per heavy atom. The fourth-order valence-electron chi connectivity index (χ4n) is 1.91. The number of nitro groups is 1. The second-order valence-electron chi connectivity index (χ2n) is 4.45. The van der Waals surface area contributed by atoms with Crippen LogP contribution < -0.4 is 5.32 Å². The van der Waals surface area contributed by atoms with E-state index in [2.05, 4.69) is 5.32 Å². The molecule has 0 saturated heterocycles. The van der Waals surface area contributed by atoms with Crippen molar-refractivity contribution in [3.8, 4) is 0 Å². The van der Waals surface area contributed by atoms with Gasteiger partial charge in [0.1, 0.15) is 5.69 Å². The number of hydrogen-bond acceptors (Lipinski definition) is 5. The van der Waals surface area contributed by atoms with Crippen LogP contribution in [0.4, 0.5) is 15.8 Å². The van der Waals surface area contributed by atoms with Gasteiger partial charge in [-0.05, 0) is 24.3 Å². The Morgan fingerprint density at radius 2 is 1.77 bits per heavy atom. The molecule has 2 aromatic carbocycles. The van der Waals surface area contributed by atoms with Gasteiger partial charge in [0, 0.05) is 6.54 Å². The molecular formula is C14H13FN2O4S. The first-order valence-electron chi connectivity index (χ1n) is 6.36. The van der Waals surface area contributed by atoms with Crippen LogP contribution in [0, 0.1) is 15.9 Å². The Balaban J connectivity index is 2.09. The normalized spacial score (nSPS) is 11.1. The number of rotatable bonds is 6. The summed E-state index contributed by atoms with van der Waals surface area (Å²) in [7, 11) is -3.50. The Kier molecular flexibility index (Phi) is 4.71. The Bertz CT molecular complexity index is 779. The molecule has 0 radical (unpaired) electrons. The van der Waals surface area contributed by atoms with Gasteiger partial charge in [-0.15, -0.1) is 0 Å². The zero-order chi connectivity index (χ0) is 16.2. The predicted octanol–water partition coefficient (Wildman–Crippen LogP) is 2.62. The summed E-state index contributed by atoms with van der Waals surface area (Å²) < 4.78 is 37.5. The van der Waals surface area contributed by atoms with E-state index in [4.69, 9.17) is 0 Å². The standard InChI is InChI=1S/C14H13FN2O4S/c15-12-7-4-8-13(14(12)17(18)19)16-9-10-22(20,21)11-5-2-1-3-6-11/h1-8,16H,9-10H2. The molecular weight excluding hydrogens is 311 g/mol. The third kappa shape index (κ3) is 3.59. The number of nitro benzene ring substituents is 1. The summed E-state index contributed by atoms with van der Waals surface area (Å²) in [4.78, 5) is 10.2. The van der Waals surface area contributed by atoms with Crippen molar-refractivity contribution in [2.45, 2.75) is 4.90 Å². The highest BCUT2D eigenvalue weighted by Gasteiger charge is 2.20. The van der Waals surface area contributed by atoms with Crippen molar-refractivity contribution in [1.29, 1.82) is 0 Å². The summed E-state index contributed by atoms with van der Waals surface area (Å²) in [5.41, 5.74) is -0.743. The van der Waals surface area contributed by atoms with Crippen molar-refractivity contribution in [2.75, 3.05) is 17.6 Å². The second-order valence-corrected chi connectivity index (χ2v) is 6.56. The molecule has 0 amide bonds. The molecule has 2 aromatic rings. The first-order chi connectivity index (χ1) is 10.4. The summed E-state index contributed by atoms with van der Waals surface area (Å²) in [5.74, 6) is -1.23. The van der Waals surface area contributed by atoms with Gasteiger partial charge < -0.3 is 5.32 Å². The number of para-hydroxylation sites is 1. The number of benzene rings is 2. The summed E-state index contributed by atoms with van der Waals surface area (Å²) >= 11 is 0. The molecule has 8 heteroatoms. The van der Waals surface area contributed by atoms with Crippen LogP contribution in [0.3, 0.4) is 0 Å². The summed E-state index contributed by atoms with van der Waals surface area (Å²) in [6, 6.07) is 11.5. The molecule has 22 heavy (non-hydrogen) atoms. The minimum absolute atomic E-state index is 0.0479. The van der Waals surface area contributed by atoms with Crippen LogP contribution in [-0.2, 0) is 9.84 Å². The summed E-state index contributed by atoms with van der Waals surface area (Å²) in [6.45, 7) is -0.0679. The van der Waals surface area contributed by atoms with Crippen molar-refractivity contribution >= 4 is 21.2 Å². The quantitative estimate of drug-likeness (QED) is 0.651. The maximum absolute atomic E-state index is 13.4. The molecule has 0 aliphatic carbocycles. The minimum Gasteiger partial charge on any atom is -0.378 e. The minimum atomic E-state index is -3.50. The molecule has 0 aliphatic rings. The third-order valence-corrected chi connectivity index (χ3v) is 4.69. The van der Waals surface area contributed by atoms with Crippen molar-refractivity contribution in [1.82, 2.24) is 0 Å². The molecule has 0 fully saturated rings. The molecule has 1 N–H and O–H groups in total. The topological polar surface area (TPSA) is 89.3 Å². The van der Waals surface area contributed by atoms with E-state index >= 15 is 0 Å². The molecule has 116 valence electrons. The van der Waals surface area contributed by atoms with Crippen molar-refractivity contribution in [3.05, 3.63) is 64.5 Å². The van der Waals surface area contributed by atoms with Gasteiger partial charge in [0.15, 0.2) is 9.84 Å². The largest absolute Gasteiger partial charge is 0.378 e. The number of nitrogens with one attached hydrogen (secondary N) is 1. The monoisotopic (exact) mass is 324 g/mol. The smallest absolute Gasteiger partial charge is 0.327 e. The zero-order valence-corrected chi connectivity index (χ0v) is 12.2. The number of sulfone groups is 1. The van der Waals surface area contributed by atoms with Crippen LogP contribution in [-0.4, -0.2) is 25.6 Å². The average Bonchev–Trinajstić information content (AvgIpc) is 2.47. The molecule has 0 unspecified atom stereocenters. The lowest BCUT2D eigenvalue weighted by Gasteiger charge is -2.08. The van der Waals surface area contributed by atoms with Crippen LogP contribution in [0.2, 0.25) is 0 Å². The molecule has 6 nitrogen and oxygen atoms in total. The van der Waals surface area contributed by atoms with Crippen molar-refractivity contribution in [3.63, 3.8) is 0 Å². The predicted molar refractivity (Wildman–Crippen MR) is 80.0 cm³/mol. The number of hydrogen-bond donors (Lipinski definition) is 1. The first-order valence-corrected chi connectivity index (χ1v) is 8.01. The van der Waals surface area contributed by atoms with Gasteiger partial charge in [-0.1, -0.05) is 24.3 Å². The lowest BCUT2D eigenvalue weighted by molar-refractivity contribution is -0.386. The summed E-state index contributed by atoms with van der Waals surface area (Å²) in [6.07, 6.45) is 0. The lowest BCUT2D eigenvalue weighted by Crippen LogP contribution is -2.16. The average molecular weight is 324 g/mol. The van der Waals surface area contributed by atoms with E-state index in [9.17, 15) is 22.9 Å². The fourth-order valence-corrected chi connectivity index (χ4v) is 3.09. The van der Waals surface area contributed by atoms with E-state index in [0.717, 1.165) is 6.07 Å². The molecule has 0 bridgehead atoms. The Labute approximate surface area is 126 Å². The van der Waals surface area contributed by atoms with E-state index in [0.29, 0.717) is 0 Å². The van der Waals surface area contributed by atoms with E-state index in [1.165, 1.54) is 24.3 Å². The highest BCUT2D eigenvalue weighted by atomic mass is 32.2. The highest BCUT2D eigenvalue weighted by Crippen LogP contribution is 2.27. The highest BCUT2D eigenvalue weighted by molar-refractivity contribution is 7.91. The van der Waals surface area contributed by atoms with Crippen LogP contribution in [0.5, 0.6) is 0 Å². The van der Waals surface area contributed by atoms with E-state index in [1.54, 1.807) is 18.2 Å². The fraction of sp³-hybridized carbons (Fsp3) is 0.143. The number of anilines is 1. The van der Waals surface area contributed by atoms with Crippen LogP contribution in [0.25, 0.3) is 0 Å². The van der Waals surface area contributed by atoms with Crippen LogP contribution in [0.15, 0.2) is 53.4 Å². The van der Waals surface area contributed by atoms with Gasteiger partial charge in [0.05, 0.1) is 15.6 Å². The molecule has 0 aromatic heterocycles. The number of halogens is 1. The lowest BCUT2D eigenvalue weighted by atomic mass is 10.2. The van der Waals surface area contributed by atoms with Gasteiger partial charge in [0.2, 0.25) is 5.82 Å². The van der Waals surface area contributed by atoms with E-state index < -0.39 is 26.3 Å². The maximum atomic E-state index is 13.4. The molecule has 0 aliphatic heterocycles. The summed E-state index contributed by atoms with van der Waals surface area (Å²) in [5, 5.41) is 13.4. The molecule has 0 heterocycles. The molecule has 0 atom stereocenters. The van der Waals surface area contributed by atoms with Gasteiger partial charge in [-0.2, -0.15) is 4.39 Å². The maximum Gasteiger partial charge on any atom is 0.327 e. The van der Waals surface area contributed by atoms with E-state index in [-0.39, 0.29) is 22.9 Å². The Hall–Kier alpha value is -2.48. The molecule has 0 spiro atoms. The molecule has 2 rings (SSSR count). The van der Waals surface area contributed by atoms with Crippen molar-refractivity contribution < 1.29 is 17.7 Å². The van der Waals surface area contributed by atoms with Crippen molar-refractivity contribution in [2.24, 2.45) is 0 Å². The third-order valence-electron chi connectivity index (χ3n) is 2.96. The SMILES string of the molecule is O=[N+]([O-])c1c(F)cccc1NCCS(=O)(=O)c1ccccc1. The second kappa shape index (κ2) is 6.52. The van der Waals surface area contributed by atoms with Gasteiger partial charge in [0.25, 0.3) is 0 Å². The first kappa shape index (κ1) is 15.9. The van der Waals surface area contributed by atoms with Gasteiger partial charge in [-0.25, -0.2) is 8.42 Å². The van der Waals surface area contributed by atoms with Crippen LogP contribution in [0.1, 0.15) is 0 Å².